The zero-order valence-electron chi connectivity index (χ0n) is 17.5. The smallest absolute Gasteiger partial charge is 0.276 e. The zero-order chi connectivity index (χ0) is 21.9. The third-order valence-electron chi connectivity index (χ3n) is 5.72. The molecular weight excluding hydrogens is 407 g/mol. The highest BCUT2D eigenvalue weighted by Gasteiger charge is 2.16. The number of rotatable bonds is 5. The van der Waals surface area contributed by atoms with Crippen LogP contribution in [0.3, 0.4) is 0 Å². The first-order chi connectivity index (χ1) is 15.7. The average Bonchev–Trinajstić information content (AvgIpc) is 3.23. The number of benzene rings is 1. The number of hydrogen-bond acceptors (Lipinski definition) is 5. The normalized spacial score (nSPS) is 14.5. The van der Waals surface area contributed by atoms with Crippen molar-refractivity contribution in [2.24, 2.45) is 0 Å². The van der Waals surface area contributed by atoms with E-state index in [2.05, 4.69) is 36.4 Å². The highest BCUT2D eigenvalue weighted by Crippen LogP contribution is 2.26. The van der Waals surface area contributed by atoms with E-state index >= 15 is 0 Å². The lowest BCUT2D eigenvalue weighted by Gasteiger charge is -2.26. The van der Waals surface area contributed by atoms with E-state index in [1.165, 1.54) is 37.1 Å². The maximum atomic E-state index is 13.4. The first kappa shape index (κ1) is 20.3. The lowest BCUT2D eigenvalue weighted by molar-refractivity contribution is 0.102. The first-order valence-electron chi connectivity index (χ1n) is 10.7. The Morgan fingerprint density at radius 3 is 2.69 bits per heavy atom. The van der Waals surface area contributed by atoms with Crippen molar-refractivity contribution in [3.05, 3.63) is 72.2 Å². The van der Waals surface area contributed by atoms with Crippen LogP contribution in [-0.4, -0.2) is 44.1 Å². The third kappa shape index (κ3) is 4.36. The molecule has 4 aromatic rings. The zero-order valence-corrected chi connectivity index (χ0v) is 17.5. The molecule has 0 bridgehead atoms. The van der Waals surface area contributed by atoms with E-state index in [4.69, 9.17) is 0 Å². The fraction of sp³-hybridized carbons (Fsp3) is 0.250. The van der Waals surface area contributed by atoms with E-state index in [0.717, 1.165) is 42.5 Å². The average molecular weight is 430 g/mol. The van der Waals surface area contributed by atoms with Crippen molar-refractivity contribution in [2.45, 2.75) is 25.8 Å². The van der Waals surface area contributed by atoms with Gasteiger partial charge in [0.05, 0.1) is 23.6 Å². The van der Waals surface area contributed by atoms with E-state index in [1.807, 2.05) is 30.6 Å². The molecule has 4 heterocycles. The van der Waals surface area contributed by atoms with Crippen LogP contribution in [0, 0.1) is 5.82 Å². The van der Waals surface area contributed by atoms with Gasteiger partial charge in [-0.1, -0.05) is 12.5 Å². The maximum Gasteiger partial charge on any atom is 0.276 e. The molecule has 2 N–H and O–H groups in total. The van der Waals surface area contributed by atoms with Gasteiger partial charge in [0, 0.05) is 36.0 Å². The van der Waals surface area contributed by atoms with Gasteiger partial charge in [-0.2, -0.15) is 5.10 Å². The Labute approximate surface area is 184 Å². The van der Waals surface area contributed by atoms with Gasteiger partial charge in [0.1, 0.15) is 5.82 Å². The van der Waals surface area contributed by atoms with Gasteiger partial charge in [0.15, 0.2) is 5.69 Å². The molecule has 3 aromatic heterocycles. The fourth-order valence-corrected chi connectivity index (χ4v) is 4.14. The van der Waals surface area contributed by atoms with Gasteiger partial charge in [0.2, 0.25) is 0 Å². The second kappa shape index (κ2) is 8.84. The van der Waals surface area contributed by atoms with Crippen LogP contribution in [-0.2, 0) is 6.54 Å². The lowest BCUT2D eigenvalue weighted by atomic mass is 10.0. The molecule has 5 rings (SSSR count). The Hall–Kier alpha value is -3.65. The predicted octanol–water partition coefficient (Wildman–Crippen LogP) is 4.40. The molecule has 162 valence electrons. The number of aromatic nitrogens is 4. The molecule has 1 aliphatic rings. The summed E-state index contributed by atoms with van der Waals surface area (Å²) in [5, 5.41) is 10.4. The summed E-state index contributed by atoms with van der Waals surface area (Å²) in [7, 11) is 0. The molecule has 0 spiro atoms. The van der Waals surface area contributed by atoms with Gasteiger partial charge in [-0.25, -0.2) is 4.39 Å². The van der Waals surface area contributed by atoms with Gasteiger partial charge in [-0.15, -0.1) is 0 Å². The summed E-state index contributed by atoms with van der Waals surface area (Å²) >= 11 is 0. The number of carbonyl (C=O) groups excluding carboxylic acids is 1. The SMILES string of the molecule is O=C(Nc1cncc(F)c1)c1n[nH]c2ccc(-c3cncc(CN4CCCCC4)c3)cc12. The third-order valence-corrected chi connectivity index (χ3v) is 5.72. The minimum Gasteiger partial charge on any atom is -0.319 e. The van der Waals surface area contributed by atoms with Crippen LogP contribution in [0.1, 0.15) is 35.3 Å². The molecule has 0 aliphatic carbocycles. The molecule has 1 aliphatic heterocycles. The number of carbonyl (C=O) groups is 1. The number of fused-ring (bicyclic) bond motifs is 1. The molecule has 1 fully saturated rings. The van der Waals surface area contributed by atoms with E-state index in [-0.39, 0.29) is 11.4 Å². The monoisotopic (exact) mass is 430 g/mol. The number of H-pyrrole nitrogens is 1. The van der Waals surface area contributed by atoms with Crippen molar-refractivity contribution in [3.8, 4) is 11.1 Å². The molecule has 1 aromatic carbocycles. The van der Waals surface area contributed by atoms with Crippen molar-refractivity contribution >= 4 is 22.5 Å². The fourth-order valence-electron chi connectivity index (χ4n) is 4.14. The molecule has 7 nitrogen and oxygen atoms in total. The molecular formula is C24H23FN6O. The number of pyridine rings is 2. The minimum atomic E-state index is -0.520. The van der Waals surface area contributed by atoms with Gasteiger partial charge in [-0.05, 0) is 55.3 Å². The molecule has 32 heavy (non-hydrogen) atoms. The highest BCUT2D eigenvalue weighted by molar-refractivity contribution is 6.11. The summed E-state index contributed by atoms with van der Waals surface area (Å²) in [4.78, 5) is 23.4. The number of hydrogen-bond donors (Lipinski definition) is 2. The topological polar surface area (TPSA) is 86.8 Å². The number of piperidine rings is 1. The van der Waals surface area contributed by atoms with Gasteiger partial charge in [-0.3, -0.25) is 24.8 Å². The highest BCUT2D eigenvalue weighted by atomic mass is 19.1. The van der Waals surface area contributed by atoms with Crippen molar-refractivity contribution in [2.75, 3.05) is 18.4 Å². The van der Waals surface area contributed by atoms with E-state index in [1.54, 1.807) is 0 Å². The first-order valence-corrected chi connectivity index (χ1v) is 10.7. The Morgan fingerprint density at radius 2 is 1.84 bits per heavy atom. The molecule has 0 saturated carbocycles. The second-order valence-corrected chi connectivity index (χ2v) is 8.10. The van der Waals surface area contributed by atoms with Crippen molar-refractivity contribution in [1.82, 2.24) is 25.1 Å². The van der Waals surface area contributed by atoms with E-state index in [9.17, 15) is 9.18 Å². The summed E-state index contributed by atoms with van der Waals surface area (Å²) in [6.07, 6.45) is 10.0. The number of anilines is 1. The summed E-state index contributed by atoms with van der Waals surface area (Å²) in [5.41, 5.74) is 4.37. The van der Waals surface area contributed by atoms with Crippen LogP contribution in [0.25, 0.3) is 22.0 Å². The van der Waals surface area contributed by atoms with E-state index < -0.39 is 11.7 Å². The minimum absolute atomic E-state index is 0.239. The summed E-state index contributed by atoms with van der Waals surface area (Å²) < 4.78 is 13.4. The predicted molar refractivity (Wildman–Crippen MR) is 121 cm³/mol. The summed E-state index contributed by atoms with van der Waals surface area (Å²) in [6.45, 7) is 3.15. The number of halogens is 1. The molecule has 1 amide bonds. The van der Waals surface area contributed by atoms with Crippen LogP contribution in [0.5, 0.6) is 0 Å². The number of nitrogens with zero attached hydrogens (tertiary/aromatic N) is 4. The maximum absolute atomic E-state index is 13.4. The van der Waals surface area contributed by atoms with E-state index in [0.29, 0.717) is 5.39 Å². The Morgan fingerprint density at radius 1 is 1.00 bits per heavy atom. The lowest BCUT2D eigenvalue weighted by Crippen LogP contribution is -2.29. The van der Waals surface area contributed by atoms with Gasteiger partial charge >= 0.3 is 0 Å². The van der Waals surface area contributed by atoms with Crippen LogP contribution >= 0.6 is 0 Å². The van der Waals surface area contributed by atoms with Crippen LogP contribution in [0.15, 0.2) is 55.1 Å². The van der Waals surface area contributed by atoms with Gasteiger partial charge in [0.25, 0.3) is 5.91 Å². The number of amides is 1. The second-order valence-electron chi connectivity index (χ2n) is 8.10. The van der Waals surface area contributed by atoms with Crippen LogP contribution in [0.4, 0.5) is 10.1 Å². The number of aromatic amines is 1. The Balaban J connectivity index is 1.41. The molecule has 1 saturated heterocycles. The summed E-state index contributed by atoms with van der Waals surface area (Å²) in [5.74, 6) is -0.952. The largest absolute Gasteiger partial charge is 0.319 e. The molecule has 8 heteroatoms. The standard InChI is InChI=1S/C24H23FN6O/c25-19-10-20(14-27-13-19)28-24(32)23-21-9-17(4-5-22(21)29-30-23)18-8-16(11-26-12-18)15-31-6-2-1-3-7-31/h4-5,8-14H,1-3,6-7,15H2,(H,28,32)(H,29,30). The van der Waals surface area contributed by atoms with Crippen molar-refractivity contribution < 1.29 is 9.18 Å². The molecule has 0 radical (unpaired) electrons. The summed E-state index contributed by atoms with van der Waals surface area (Å²) in [6, 6.07) is 9.18. The molecule has 0 atom stereocenters. The Kier molecular flexibility index (Phi) is 5.60. The number of nitrogens with one attached hydrogen (secondary N) is 2. The molecule has 0 unspecified atom stereocenters. The Bertz CT molecular complexity index is 1260. The number of likely N-dealkylation sites (tertiary alicyclic amines) is 1. The van der Waals surface area contributed by atoms with Gasteiger partial charge < -0.3 is 5.32 Å². The quantitative estimate of drug-likeness (QED) is 0.490. The van der Waals surface area contributed by atoms with Crippen LogP contribution < -0.4 is 5.32 Å². The van der Waals surface area contributed by atoms with Crippen molar-refractivity contribution in [3.63, 3.8) is 0 Å². The van der Waals surface area contributed by atoms with Crippen molar-refractivity contribution in [1.29, 1.82) is 0 Å². The van der Waals surface area contributed by atoms with Crippen LogP contribution in [0.2, 0.25) is 0 Å².